The molecule has 23 heavy (non-hydrogen) atoms. The van der Waals surface area contributed by atoms with Gasteiger partial charge in [0.1, 0.15) is 0 Å². The maximum Gasteiger partial charge on any atom is 0.191 e. The van der Waals surface area contributed by atoms with Crippen LogP contribution >= 0.6 is 24.0 Å². The zero-order valence-electron chi connectivity index (χ0n) is 14.4. The first-order valence-corrected chi connectivity index (χ1v) is 8.09. The van der Waals surface area contributed by atoms with Crippen molar-refractivity contribution in [3.63, 3.8) is 0 Å². The third-order valence-electron chi connectivity index (χ3n) is 3.60. The molecule has 1 aliphatic carbocycles. The van der Waals surface area contributed by atoms with Gasteiger partial charge in [-0.15, -0.1) is 24.0 Å². The quantitative estimate of drug-likeness (QED) is 0.317. The van der Waals surface area contributed by atoms with Gasteiger partial charge < -0.3 is 15.5 Å². The van der Waals surface area contributed by atoms with Crippen molar-refractivity contribution in [3.8, 4) is 0 Å². The van der Waals surface area contributed by atoms with Gasteiger partial charge in [-0.05, 0) is 45.0 Å². The standard InChI is InChI=1S/C18H28N4.HI/c1-4-19-18(21-17-10-5-6-11-17)20-13-15-8-7-9-16(12-15)14-22(2)3;/h5-9,12,17H,4,10-11,13-14H2,1-3H3,(H2,19,20,21);1H. The lowest BCUT2D eigenvalue weighted by Crippen LogP contribution is -2.42. The van der Waals surface area contributed by atoms with Crippen LogP contribution < -0.4 is 10.6 Å². The van der Waals surface area contributed by atoms with E-state index in [1.807, 2.05) is 0 Å². The third-order valence-corrected chi connectivity index (χ3v) is 3.60. The smallest absolute Gasteiger partial charge is 0.191 e. The van der Waals surface area contributed by atoms with Crippen molar-refractivity contribution in [1.29, 1.82) is 0 Å². The number of hydrogen-bond acceptors (Lipinski definition) is 2. The number of halogens is 1. The zero-order chi connectivity index (χ0) is 15.8. The molecule has 0 aliphatic heterocycles. The van der Waals surface area contributed by atoms with Crippen molar-refractivity contribution in [2.45, 2.75) is 38.9 Å². The van der Waals surface area contributed by atoms with Crippen molar-refractivity contribution in [1.82, 2.24) is 15.5 Å². The van der Waals surface area contributed by atoms with Crippen LogP contribution in [0.5, 0.6) is 0 Å². The van der Waals surface area contributed by atoms with Crippen LogP contribution in [0.4, 0.5) is 0 Å². The Hall–Kier alpha value is -1.08. The molecule has 0 amide bonds. The molecule has 0 radical (unpaired) electrons. The number of aliphatic imine (C=N–C) groups is 1. The molecule has 0 unspecified atom stereocenters. The Morgan fingerprint density at radius 1 is 1.22 bits per heavy atom. The van der Waals surface area contributed by atoms with Crippen LogP contribution in [0.1, 0.15) is 30.9 Å². The summed E-state index contributed by atoms with van der Waals surface area (Å²) < 4.78 is 0. The maximum absolute atomic E-state index is 4.72. The molecule has 0 aromatic heterocycles. The highest BCUT2D eigenvalue weighted by atomic mass is 127. The second-order valence-corrected chi connectivity index (χ2v) is 6.04. The fourth-order valence-corrected chi connectivity index (χ4v) is 2.61. The lowest BCUT2D eigenvalue weighted by molar-refractivity contribution is 0.402. The molecular weight excluding hydrogens is 399 g/mol. The minimum atomic E-state index is 0. The van der Waals surface area contributed by atoms with Crippen LogP contribution in [0.25, 0.3) is 0 Å². The van der Waals surface area contributed by atoms with Gasteiger partial charge in [0.25, 0.3) is 0 Å². The minimum absolute atomic E-state index is 0. The average molecular weight is 428 g/mol. The molecule has 0 atom stereocenters. The zero-order valence-corrected chi connectivity index (χ0v) is 16.7. The van der Waals surface area contributed by atoms with Crippen LogP contribution in [-0.4, -0.2) is 37.5 Å². The van der Waals surface area contributed by atoms with Gasteiger partial charge in [0.15, 0.2) is 5.96 Å². The van der Waals surface area contributed by atoms with Crippen LogP contribution in [-0.2, 0) is 13.1 Å². The van der Waals surface area contributed by atoms with Crippen LogP contribution in [0, 0.1) is 0 Å². The number of benzene rings is 1. The van der Waals surface area contributed by atoms with E-state index >= 15 is 0 Å². The molecule has 0 spiro atoms. The van der Waals surface area contributed by atoms with Crippen molar-refractivity contribution >= 4 is 29.9 Å². The first-order valence-electron chi connectivity index (χ1n) is 8.09. The van der Waals surface area contributed by atoms with Gasteiger partial charge in [0.2, 0.25) is 0 Å². The lowest BCUT2D eigenvalue weighted by atomic mass is 10.1. The summed E-state index contributed by atoms with van der Waals surface area (Å²) in [5.74, 6) is 0.911. The molecule has 1 aromatic rings. The molecule has 1 aromatic carbocycles. The molecule has 1 aliphatic rings. The van der Waals surface area contributed by atoms with E-state index in [4.69, 9.17) is 4.99 Å². The Balaban J connectivity index is 0.00000264. The first-order chi connectivity index (χ1) is 10.7. The summed E-state index contributed by atoms with van der Waals surface area (Å²) in [6.07, 6.45) is 6.63. The van der Waals surface area contributed by atoms with Gasteiger partial charge in [-0.25, -0.2) is 4.99 Å². The topological polar surface area (TPSA) is 39.7 Å². The fourth-order valence-electron chi connectivity index (χ4n) is 2.61. The normalized spacial score (nSPS) is 14.9. The summed E-state index contributed by atoms with van der Waals surface area (Å²) in [6, 6.07) is 9.15. The molecular formula is C18H29IN4. The summed E-state index contributed by atoms with van der Waals surface area (Å²) in [4.78, 5) is 6.90. The second kappa shape index (κ2) is 10.6. The largest absolute Gasteiger partial charge is 0.357 e. The molecule has 2 rings (SSSR count). The molecule has 5 heteroatoms. The highest BCUT2D eigenvalue weighted by Crippen LogP contribution is 2.10. The molecule has 4 nitrogen and oxygen atoms in total. The van der Waals surface area contributed by atoms with E-state index in [1.165, 1.54) is 11.1 Å². The average Bonchev–Trinajstić information content (AvgIpc) is 2.98. The summed E-state index contributed by atoms with van der Waals surface area (Å²) >= 11 is 0. The van der Waals surface area contributed by atoms with Crippen molar-refractivity contribution in [3.05, 3.63) is 47.5 Å². The Morgan fingerprint density at radius 3 is 2.57 bits per heavy atom. The Kier molecular flexibility index (Phi) is 9.24. The van der Waals surface area contributed by atoms with E-state index < -0.39 is 0 Å². The second-order valence-electron chi connectivity index (χ2n) is 6.04. The van der Waals surface area contributed by atoms with Gasteiger partial charge in [0.05, 0.1) is 6.54 Å². The molecule has 0 bridgehead atoms. The van der Waals surface area contributed by atoms with Crippen LogP contribution in [0.2, 0.25) is 0 Å². The number of nitrogens with zero attached hydrogens (tertiary/aromatic N) is 2. The van der Waals surface area contributed by atoms with E-state index in [-0.39, 0.29) is 24.0 Å². The molecule has 0 saturated carbocycles. The van der Waals surface area contributed by atoms with Gasteiger partial charge >= 0.3 is 0 Å². The van der Waals surface area contributed by atoms with Gasteiger partial charge in [-0.3, -0.25) is 0 Å². The van der Waals surface area contributed by atoms with Crippen molar-refractivity contribution in [2.75, 3.05) is 20.6 Å². The maximum atomic E-state index is 4.72. The lowest BCUT2D eigenvalue weighted by Gasteiger charge is -2.16. The summed E-state index contributed by atoms with van der Waals surface area (Å²) in [7, 11) is 4.18. The summed E-state index contributed by atoms with van der Waals surface area (Å²) in [6.45, 7) is 4.65. The SMILES string of the molecule is CCNC(=NCc1cccc(CN(C)C)c1)NC1CC=CC1.I. The predicted octanol–water partition coefficient (Wildman–Crippen LogP) is 3.14. The van der Waals surface area contributed by atoms with Gasteiger partial charge in [0, 0.05) is 19.1 Å². The van der Waals surface area contributed by atoms with Gasteiger partial charge in [-0.2, -0.15) is 0 Å². The summed E-state index contributed by atoms with van der Waals surface area (Å²) in [5.41, 5.74) is 2.58. The minimum Gasteiger partial charge on any atom is -0.357 e. The van der Waals surface area contributed by atoms with Gasteiger partial charge in [-0.1, -0.05) is 36.4 Å². The third kappa shape index (κ3) is 7.35. The van der Waals surface area contributed by atoms with E-state index in [1.54, 1.807) is 0 Å². The Labute approximate surface area is 157 Å². The van der Waals surface area contributed by atoms with Crippen molar-refractivity contribution < 1.29 is 0 Å². The summed E-state index contributed by atoms with van der Waals surface area (Å²) in [5, 5.41) is 6.83. The van der Waals surface area contributed by atoms with E-state index in [0.717, 1.165) is 31.9 Å². The molecule has 128 valence electrons. The monoisotopic (exact) mass is 428 g/mol. The number of nitrogens with one attached hydrogen (secondary N) is 2. The molecule has 0 fully saturated rings. The molecule has 2 N–H and O–H groups in total. The van der Waals surface area contributed by atoms with Crippen LogP contribution in [0.15, 0.2) is 41.4 Å². The van der Waals surface area contributed by atoms with E-state index in [9.17, 15) is 0 Å². The number of guanidine groups is 1. The first kappa shape index (κ1) is 20.0. The highest BCUT2D eigenvalue weighted by Gasteiger charge is 2.11. The molecule has 0 saturated heterocycles. The van der Waals surface area contributed by atoms with Crippen molar-refractivity contribution in [2.24, 2.45) is 4.99 Å². The number of hydrogen-bond donors (Lipinski definition) is 2. The van der Waals surface area contributed by atoms with E-state index in [2.05, 4.69) is 73.0 Å². The number of rotatable bonds is 6. The Morgan fingerprint density at radius 2 is 1.91 bits per heavy atom. The predicted molar refractivity (Wildman–Crippen MR) is 109 cm³/mol. The van der Waals surface area contributed by atoms with Crippen LogP contribution in [0.3, 0.4) is 0 Å². The van der Waals surface area contributed by atoms with E-state index in [0.29, 0.717) is 12.6 Å². The Bertz CT molecular complexity index is 518. The molecule has 0 heterocycles. The fraction of sp³-hybridized carbons (Fsp3) is 0.500. The highest BCUT2D eigenvalue weighted by molar-refractivity contribution is 14.0.